The maximum Gasteiger partial charge on any atom is 0.00937 e. The Kier molecular flexibility index (Phi) is 6.98. The van der Waals surface area contributed by atoms with E-state index < -0.39 is 0 Å². The van der Waals surface area contributed by atoms with Crippen LogP contribution in [-0.4, -0.2) is 38.3 Å². The second kappa shape index (κ2) is 8.08. The molecule has 0 aromatic rings. The summed E-state index contributed by atoms with van der Waals surface area (Å²) in [6.45, 7) is 9.10. The third-order valence-electron chi connectivity index (χ3n) is 3.10. The molecule has 90 valence electrons. The SMILES string of the molecule is CCNCCCC(C)NC1CCNCC1. The van der Waals surface area contributed by atoms with Crippen LogP contribution in [0.3, 0.4) is 0 Å². The van der Waals surface area contributed by atoms with Crippen molar-refractivity contribution in [3.8, 4) is 0 Å². The van der Waals surface area contributed by atoms with Crippen LogP contribution in [0.2, 0.25) is 0 Å². The van der Waals surface area contributed by atoms with Crippen molar-refractivity contribution in [1.82, 2.24) is 16.0 Å². The monoisotopic (exact) mass is 213 g/mol. The zero-order valence-electron chi connectivity index (χ0n) is 10.3. The fourth-order valence-electron chi connectivity index (χ4n) is 2.18. The molecule has 1 fully saturated rings. The first-order chi connectivity index (χ1) is 7.33. The van der Waals surface area contributed by atoms with E-state index in [1.807, 2.05) is 0 Å². The molecule has 3 N–H and O–H groups in total. The van der Waals surface area contributed by atoms with E-state index in [0.717, 1.165) is 19.1 Å². The van der Waals surface area contributed by atoms with Gasteiger partial charge in [0.05, 0.1) is 0 Å². The van der Waals surface area contributed by atoms with Gasteiger partial charge in [-0.1, -0.05) is 6.92 Å². The van der Waals surface area contributed by atoms with Crippen LogP contribution in [0, 0.1) is 0 Å². The summed E-state index contributed by atoms with van der Waals surface area (Å²) in [6, 6.07) is 1.42. The lowest BCUT2D eigenvalue weighted by Crippen LogP contribution is -2.43. The highest BCUT2D eigenvalue weighted by Crippen LogP contribution is 2.05. The van der Waals surface area contributed by atoms with Gasteiger partial charge in [-0.05, 0) is 58.8 Å². The Morgan fingerprint density at radius 1 is 1.33 bits per heavy atom. The summed E-state index contributed by atoms with van der Waals surface area (Å²) in [4.78, 5) is 0. The standard InChI is InChI=1S/C12H27N3/c1-3-13-8-4-5-11(2)15-12-6-9-14-10-7-12/h11-15H,3-10H2,1-2H3. The number of rotatable bonds is 7. The van der Waals surface area contributed by atoms with Gasteiger partial charge in [-0.2, -0.15) is 0 Å². The summed E-state index contributed by atoms with van der Waals surface area (Å²) in [5.41, 5.74) is 0. The molecule has 0 amide bonds. The molecule has 0 bridgehead atoms. The Morgan fingerprint density at radius 2 is 2.07 bits per heavy atom. The zero-order chi connectivity index (χ0) is 10.9. The summed E-state index contributed by atoms with van der Waals surface area (Å²) in [5.74, 6) is 0. The van der Waals surface area contributed by atoms with Crippen LogP contribution in [0.5, 0.6) is 0 Å². The Labute approximate surface area is 94.4 Å². The smallest absolute Gasteiger partial charge is 0.00937 e. The molecule has 1 unspecified atom stereocenters. The number of piperidine rings is 1. The van der Waals surface area contributed by atoms with Crippen molar-refractivity contribution in [2.24, 2.45) is 0 Å². The summed E-state index contributed by atoms with van der Waals surface area (Å²) in [7, 11) is 0. The lowest BCUT2D eigenvalue weighted by atomic mass is 10.0. The van der Waals surface area contributed by atoms with Gasteiger partial charge in [0.1, 0.15) is 0 Å². The van der Waals surface area contributed by atoms with Gasteiger partial charge in [0.25, 0.3) is 0 Å². The summed E-state index contributed by atoms with van der Waals surface area (Å²) in [5, 5.41) is 10.5. The van der Waals surface area contributed by atoms with Crippen molar-refractivity contribution < 1.29 is 0 Å². The minimum absolute atomic E-state index is 0.673. The minimum atomic E-state index is 0.673. The Hall–Kier alpha value is -0.120. The van der Waals surface area contributed by atoms with E-state index >= 15 is 0 Å². The molecule has 1 rings (SSSR count). The van der Waals surface area contributed by atoms with Crippen molar-refractivity contribution in [1.29, 1.82) is 0 Å². The molecule has 1 atom stereocenters. The van der Waals surface area contributed by atoms with E-state index in [1.54, 1.807) is 0 Å². The summed E-state index contributed by atoms with van der Waals surface area (Å²) in [6.07, 6.45) is 5.15. The highest BCUT2D eigenvalue weighted by atomic mass is 15.0. The predicted octanol–water partition coefficient (Wildman–Crippen LogP) is 1.11. The number of nitrogens with one attached hydrogen (secondary N) is 3. The van der Waals surface area contributed by atoms with E-state index in [0.29, 0.717) is 6.04 Å². The fraction of sp³-hybridized carbons (Fsp3) is 1.00. The van der Waals surface area contributed by atoms with E-state index in [-0.39, 0.29) is 0 Å². The van der Waals surface area contributed by atoms with Gasteiger partial charge in [0.15, 0.2) is 0 Å². The van der Waals surface area contributed by atoms with Gasteiger partial charge in [-0.15, -0.1) is 0 Å². The molecule has 0 radical (unpaired) electrons. The third kappa shape index (κ3) is 6.13. The van der Waals surface area contributed by atoms with E-state index in [4.69, 9.17) is 0 Å². The average molecular weight is 213 g/mol. The molecule has 3 heteroatoms. The Balaban J connectivity index is 1.98. The first-order valence-electron chi connectivity index (χ1n) is 6.50. The normalized spacial score (nSPS) is 20.4. The van der Waals surface area contributed by atoms with Crippen LogP contribution in [0.15, 0.2) is 0 Å². The topological polar surface area (TPSA) is 36.1 Å². The Bertz CT molecular complexity index is 144. The second-order valence-electron chi connectivity index (χ2n) is 4.59. The van der Waals surface area contributed by atoms with Crippen LogP contribution in [0.1, 0.15) is 39.5 Å². The number of hydrogen-bond donors (Lipinski definition) is 3. The predicted molar refractivity (Wildman–Crippen MR) is 66.3 cm³/mol. The summed E-state index contributed by atoms with van der Waals surface area (Å²) >= 11 is 0. The lowest BCUT2D eigenvalue weighted by Gasteiger charge is -2.27. The maximum absolute atomic E-state index is 3.73. The van der Waals surface area contributed by atoms with Crippen molar-refractivity contribution >= 4 is 0 Å². The lowest BCUT2D eigenvalue weighted by molar-refractivity contribution is 0.344. The van der Waals surface area contributed by atoms with Crippen molar-refractivity contribution in [2.45, 2.75) is 51.6 Å². The van der Waals surface area contributed by atoms with Gasteiger partial charge in [0, 0.05) is 12.1 Å². The van der Waals surface area contributed by atoms with Gasteiger partial charge in [-0.25, -0.2) is 0 Å². The highest BCUT2D eigenvalue weighted by Gasteiger charge is 2.14. The molecule has 15 heavy (non-hydrogen) atoms. The largest absolute Gasteiger partial charge is 0.317 e. The second-order valence-corrected chi connectivity index (χ2v) is 4.59. The van der Waals surface area contributed by atoms with Crippen LogP contribution in [0.4, 0.5) is 0 Å². The van der Waals surface area contributed by atoms with Crippen LogP contribution in [-0.2, 0) is 0 Å². The van der Waals surface area contributed by atoms with Crippen LogP contribution in [0.25, 0.3) is 0 Å². The molecular weight excluding hydrogens is 186 g/mol. The van der Waals surface area contributed by atoms with Gasteiger partial charge >= 0.3 is 0 Å². The van der Waals surface area contributed by atoms with Crippen LogP contribution >= 0.6 is 0 Å². The maximum atomic E-state index is 3.73. The van der Waals surface area contributed by atoms with Crippen LogP contribution < -0.4 is 16.0 Å². The quantitative estimate of drug-likeness (QED) is 0.554. The van der Waals surface area contributed by atoms with Crippen molar-refractivity contribution in [3.63, 3.8) is 0 Å². The molecule has 1 aliphatic rings. The molecule has 1 aliphatic heterocycles. The molecule has 0 aromatic heterocycles. The van der Waals surface area contributed by atoms with Gasteiger partial charge in [0.2, 0.25) is 0 Å². The first kappa shape index (κ1) is 12.9. The summed E-state index contributed by atoms with van der Waals surface area (Å²) < 4.78 is 0. The molecule has 0 aliphatic carbocycles. The van der Waals surface area contributed by atoms with Gasteiger partial charge in [-0.3, -0.25) is 0 Å². The molecule has 0 saturated carbocycles. The molecule has 1 heterocycles. The fourth-order valence-corrected chi connectivity index (χ4v) is 2.18. The van der Waals surface area contributed by atoms with E-state index in [1.165, 1.54) is 38.8 Å². The first-order valence-corrected chi connectivity index (χ1v) is 6.50. The highest BCUT2D eigenvalue weighted by molar-refractivity contribution is 4.77. The average Bonchev–Trinajstić information content (AvgIpc) is 2.26. The van der Waals surface area contributed by atoms with Gasteiger partial charge < -0.3 is 16.0 Å². The molecular formula is C12H27N3. The Morgan fingerprint density at radius 3 is 2.73 bits per heavy atom. The molecule has 3 nitrogen and oxygen atoms in total. The van der Waals surface area contributed by atoms with Crippen molar-refractivity contribution in [2.75, 3.05) is 26.2 Å². The molecule has 0 aromatic carbocycles. The minimum Gasteiger partial charge on any atom is -0.317 e. The van der Waals surface area contributed by atoms with Crippen molar-refractivity contribution in [3.05, 3.63) is 0 Å². The molecule has 0 spiro atoms. The van der Waals surface area contributed by atoms with E-state index in [2.05, 4.69) is 29.8 Å². The zero-order valence-corrected chi connectivity index (χ0v) is 10.3. The molecule has 1 saturated heterocycles. The number of hydrogen-bond acceptors (Lipinski definition) is 3. The van der Waals surface area contributed by atoms with E-state index in [9.17, 15) is 0 Å². The third-order valence-corrected chi connectivity index (χ3v) is 3.10.